The largest absolute Gasteiger partial charge is 0.299 e. The fourth-order valence-corrected chi connectivity index (χ4v) is 5.43. The van der Waals surface area contributed by atoms with Crippen LogP contribution in [0.2, 0.25) is 0 Å². The van der Waals surface area contributed by atoms with E-state index >= 15 is 0 Å². The summed E-state index contributed by atoms with van der Waals surface area (Å²) in [7, 11) is 0. The van der Waals surface area contributed by atoms with Crippen molar-refractivity contribution >= 4 is 11.8 Å². The van der Waals surface area contributed by atoms with Gasteiger partial charge in [-0.2, -0.15) is 0 Å². The molecule has 0 aromatic heterocycles. The van der Waals surface area contributed by atoms with E-state index in [1.807, 2.05) is 0 Å². The lowest BCUT2D eigenvalue weighted by Gasteiger charge is -2.33. The van der Waals surface area contributed by atoms with Gasteiger partial charge in [-0.15, -0.1) is 11.8 Å². The molecule has 80 valence electrons. The summed E-state index contributed by atoms with van der Waals surface area (Å²) >= 11 is 2.31. The fraction of sp³-hybridized carbons (Fsp3) is 1.00. The zero-order valence-corrected chi connectivity index (χ0v) is 9.74. The Kier molecular flexibility index (Phi) is 2.53. The lowest BCUT2D eigenvalue weighted by atomic mass is 9.91. The van der Waals surface area contributed by atoms with Gasteiger partial charge in [0.25, 0.3) is 0 Å². The molecule has 1 N–H and O–H groups in total. The summed E-state index contributed by atoms with van der Waals surface area (Å²) in [5.74, 6) is 0. The lowest BCUT2D eigenvalue weighted by molar-refractivity contribution is 0.299. The first-order valence-electron chi connectivity index (χ1n) is 6.34. The van der Waals surface area contributed by atoms with Crippen LogP contribution in [0.3, 0.4) is 0 Å². The first-order chi connectivity index (χ1) is 6.88. The van der Waals surface area contributed by atoms with E-state index in [-0.39, 0.29) is 0 Å². The normalized spacial score (nSPS) is 41.1. The first kappa shape index (κ1) is 9.53. The number of fused-ring (bicyclic) bond motifs is 1. The van der Waals surface area contributed by atoms with Crippen molar-refractivity contribution in [2.75, 3.05) is 0 Å². The van der Waals surface area contributed by atoms with E-state index in [1.54, 1.807) is 0 Å². The summed E-state index contributed by atoms with van der Waals surface area (Å²) in [6.45, 7) is 0. The van der Waals surface area contributed by atoms with Crippen LogP contribution in [0.15, 0.2) is 0 Å². The van der Waals surface area contributed by atoms with E-state index in [1.165, 1.54) is 57.8 Å². The standard InChI is InChI=1S/C12H21NS/c1-4-8-12(9-5-1)13-10-6-2-3-7-11(10)14-12/h10-11,13H,1-9H2/t10-,11+/m0/s1. The summed E-state index contributed by atoms with van der Waals surface area (Å²) < 4.78 is 0. The molecule has 0 amide bonds. The van der Waals surface area contributed by atoms with Crippen molar-refractivity contribution in [3.05, 3.63) is 0 Å². The summed E-state index contributed by atoms with van der Waals surface area (Å²) in [6, 6.07) is 0.867. The molecule has 2 heteroatoms. The van der Waals surface area contributed by atoms with Crippen LogP contribution in [0.5, 0.6) is 0 Å². The third-order valence-corrected chi connectivity index (χ3v) is 6.03. The quantitative estimate of drug-likeness (QED) is 0.660. The Balaban J connectivity index is 1.71. The molecule has 3 aliphatic rings. The van der Waals surface area contributed by atoms with E-state index in [9.17, 15) is 0 Å². The monoisotopic (exact) mass is 211 g/mol. The van der Waals surface area contributed by atoms with Gasteiger partial charge in [0.1, 0.15) is 0 Å². The van der Waals surface area contributed by atoms with Crippen LogP contribution in [-0.4, -0.2) is 16.2 Å². The first-order valence-corrected chi connectivity index (χ1v) is 7.22. The number of hydrogen-bond donors (Lipinski definition) is 1. The molecular formula is C12H21NS. The summed E-state index contributed by atoms with van der Waals surface area (Å²) in [5.41, 5.74) is 0. The molecule has 0 unspecified atom stereocenters. The van der Waals surface area contributed by atoms with Gasteiger partial charge in [-0.25, -0.2) is 0 Å². The third kappa shape index (κ3) is 1.61. The molecule has 2 atom stereocenters. The maximum Gasteiger partial charge on any atom is 0.0651 e. The van der Waals surface area contributed by atoms with Gasteiger partial charge in [-0.05, 0) is 25.7 Å². The van der Waals surface area contributed by atoms with Gasteiger partial charge < -0.3 is 0 Å². The SMILES string of the molecule is C1CCC2(CC1)N[C@H]1CCCC[C@H]1S2. The van der Waals surface area contributed by atoms with Crippen molar-refractivity contribution in [1.82, 2.24) is 5.32 Å². The third-order valence-electron chi connectivity index (χ3n) is 4.19. The maximum atomic E-state index is 3.97. The molecular weight excluding hydrogens is 190 g/mol. The highest BCUT2D eigenvalue weighted by molar-refractivity contribution is 8.01. The van der Waals surface area contributed by atoms with E-state index in [0.717, 1.165) is 11.3 Å². The topological polar surface area (TPSA) is 12.0 Å². The second-order valence-corrected chi connectivity index (χ2v) is 6.87. The van der Waals surface area contributed by atoms with Gasteiger partial charge in [-0.3, -0.25) is 5.32 Å². The molecule has 1 aliphatic heterocycles. The van der Waals surface area contributed by atoms with Crippen LogP contribution in [0.4, 0.5) is 0 Å². The van der Waals surface area contributed by atoms with Gasteiger partial charge in [0.05, 0.1) is 4.87 Å². The van der Waals surface area contributed by atoms with Crippen LogP contribution < -0.4 is 5.32 Å². The molecule has 0 radical (unpaired) electrons. The Morgan fingerprint density at radius 2 is 1.71 bits per heavy atom. The Labute approximate surface area is 91.4 Å². The number of nitrogens with one attached hydrogen (secondary N) is 1. The van der Waals surface area contributed by atoms with Crippen molar-refractivity contribution in [2.45, 2.75) is 74.0 Å². The highest BCUT2D eigenvalue weighted by Gasteiger charge is 2.45. The van der Waals surface area contributed by atoms with Crippen molar-refractivity contribution in [3.63, 3.8) is 0 Å². The molecule has 3 fully saturated rings. The molecule has 1 saturated heterocycles. The Morgan fingerprint density at radius 3 is 2.50 bits per heavy atom. The van der Waals surface area contributed by atoms with Crippen LogP contribution >= 0.6 is 11.8 Å². The molecule has 1 spiro atoms. The van der Waals surface area contributed by atoms with E-state index in [2.05, 4.69) is 17.1 Å². The predicted octanol–water partition coefficient (Wildman–Crippen LogP) is 3.29. The minimum absolute atomic E-state index is 0.526. The van der Waals surface area contributed by atoms with Gasteiger partial charge in [-0.1, -0.05) is 32.1 Å². The van der Waals surface area contributed by atoms with Gasteiger partial charge in [0.2, 0.25) is 0 Å². The molecule has 14 heavy (non-hydrogen) atoms. The molecule has 3 rings (SSSR count). The fourth-order valence-electron chi connectivity index (χ4n) is 3.45. The van der Waals surface area contributed by atoms with E-state index < -0.39 is 0 Å². The molecule has 1 nitrogen and oxygen atoms in total. The smallest absolute Gasteiger partial charge is 0.0651 e. The molecule has 1 heterocycles. The lowest BCUT2D eigenvalue weighted by Crippen LogP contribution is -2.44. The number of rotatable bonds is 0. The zero-order valence-electron chi connectivity index (χ0n) is 8.93. The highest BCUT2D eigenvalue weighted by atomic mass is 32.2. The molecule has 0 bridgehead atoms. The van der Waals surface area contributed by atoms with Crippen molar-refractivity contribution in [2.24, 2.45) is 0 Å². The summed E-state index contributed by atoms with van der Waals surface area (Å²) in [4.78, 5) is 0.526. The van der Waals surface area contributed by atoms with E-state index in [4.69, 9.17) is 0 Å². The van der Waals surface area contributed by atoms with Crippen LogP contribution in [-0.2, 0) is 0 Å². The van der Waals surface area contributed by atoms with Crippen molar-refractivity contribution in [1.29, 1.82) is 0 Å². The van der Waals surface area contributed by atoms with Crippen LogP contribution in [0, 0.1) is 0 Å². The predicted molar refractivity (Wildman–Crippen MR) is 62.6 cm³/mol. The minimum Gasteiger partial charge on any atom is -0.299 e. The molecule has 0 aromatic carbocycles. The van der Waals surface area contributed by atoms with Gasteiger partial charge in [0.15, 0.2) is 0 Å². The number of hydrogen-bond acceptors (Lipinski definition) is 2. The Hall–Kier alpha value is 0.310. The molecule has 0 aromatic rings. The highest BCUT2D eigenvalue weighted by Crippen LogP contribution is 2.49. The molecule has 2 saturated carbocycles. The van der Waals surface area contributed by atoms with Gasteiger partial charge >= 0.3 is 0 Å². The number of thioether (sulfide) groups is 1. The Bertz CT molecular complexity index is 194. The van der Waals surface area contributed by atoms with Gasteiger partial charge in [0, 0.05) is 11.3 Å². The second-order valence-electron chi connectivity index (χ2n) is 5.25. The van der Waals surface area contributed by atoms with Crippen molar-refractivity contribution in [3.8, 4) is 0 Å². The maximum absolute atomic E-state index is 3.97. The minimum atomic E-state index is 0.526. The average Bonchev–Trinajstić information content (AvgIpc) is 2.56. The Morgan fingerprint density at radius 1 is 0.929 bits per heavy atom. The molecule has 2 aliphatic carbocycles. The zero-order chi connectivity index (χ0) is 9.43. The van der Waals surface area contributed by atoms with E-state index in [0.29, 0.717) is 4.87 Å². The average molecular weight is 211 g/mol. The summed E-state index contributed by atoms with van der Waals surface area (Å²) in [5, 5.41) is 4.93. The van der Waals surface area contributed by atoms with Crippen molar-refractivity contribution < 1.29 is 0 Å². The second kappa shape index (κ2) is 3.71. The van der Waals surface area contributed by atoms with Crippen LogP contribution in [0.1, 0.15) is 57.8 Å². The summed E-state index contributed by atoms with van der Waals surface area (Å²) in [6.07, 6.45) is 13.1. The van der Waals surface area contributed by atoms with Crippen LogP contribution in [0.25, 0.3) is 0 Å².